The average Bonchev–Trinajstić information content (AvgIpc) is 2.70. The van der Waals surface area contributed by atoms with Gasteiger partial charge in [-0.15, -0.1) is 0 Å². The Morgan fingerprint density at radius 3 is 2.35 bits per heavy atom. The molecule has 3 heteroatoms. The number of aryl methyl sites for hydroxylation is 1. The van der Waals surface area contributed by atoms with Crippen LogP contribution in [0, 0.1) is 12.7 Å². The fourth-order valence-electron chi connectivity index (χ4n) is 3.52. The standard InChI is InChI=1S/C17H26FNO/c1-13-12-14(8-9-15(13)18)16(19-2)17(20-3)10-6-4-5-7-11-17/h8-9,12,16,19H,4-7,10-11H2,1-3H3. The van der Waals surface area contributed by atoms with Crippen LogP contribution in [0.1, 0.15) is 55.7 Å². The molecular formula is C17H26FNO. The van der Waals surface area contributed by atoms with E-state index in [1.54, 1.807) is 6.07 Å². The summed E-state index contributed by atoms with van der Waals surface area (Å²) < 4.78 is 19.5. The minimum atomic E-state index is -0.171. The molecule has 0 aromatic heterocycles. The maximum Gasteiger partial charge on any atom is 0.126 e. The van der Waals surface area contributed by atoms with Crippen LogP contribution < -0.4 is 5.32 Å². The minimum Gasteiger partial charge on any atom is -0.376 e. The topological polar surface area (TPSA) is 21.3 Å². The molecule has 112 valence electrons. The maximum atomic E-state index is 13.5. The Labute approximate surface area is 121 Å². The molecule has 2 rings (SSSR count). The Hall–Kier alpha value is -0.930. The van der Waals surface area contributed by atoms with Crippen molar-refractivity contribution in [3.8, 4) is 0 Å². The monoisotopic (exact) mass is 279 g/mol. The molecular weight excluding hydrogens is 253 g/mol. The van der Waals surface area contributed by atoms with Gasteiger partial charge in [0.15, 0.2) is 0 Å². The van der Waals surface area contributed by atoms with E-state index in [1.807, 2.05) is 33.2 Å². The van der Waals surface area contributed by atoms with Gasteiger partial charge in [-0.25, -0.2) is 4.39 Å². The number of hydrogen-bond donors (Lipinski definition) is 1. The zero-order chi connectivity index (χ0) is 14.6. The molecule has 0 bridgehead atoms. The lowest BCUT2D eigenvalue weighted by atomic mass is 9.82. The van der Waals surface area contributed by atoms with Crippen LogP contribution in [-0.4, -0.2) is 19.8 Å². The molecule has 1 unspecified atom stereocenters. The van der Waals surface area contributed by atoms with Crippen molar-refractivity contribution in [1.82, 2.24) is 5.32 Å². The Morgan fingerprint density at radius 1 is 1.20 bits per heavy atom. The van der Waals surface area contributed by atoms with Gasteiger partial charge in [-0.1, -0.05) is 37.8 Å². The first-order valence-corrected chi connectivity index (χ1v) is 7.61. The minimum absolute atomic E-state index is 0.116. The molecule has 1 saturated carbocycles. The van der Waals surface area contributed by atoms with Crippen LogP contribution in [0.4, 0.5) is 4.39 Å². The summed E-state index contributed by atoms with van der Waals surface area (Å²) in [6.45, 7) is 1.82. The van der Waals surface area contributed by atoms with E-state index in [-0.39, 0.29) is 17.5 Å². The van der Waals surface area contributed by atoms with Gasteiger partial charge in [-0.3, -0.25) is 0 Å². The Kier molecular flexibility index (Phi) is 5.17. The second-order valence-electron chi connectivity index (χ2n) is 5.91. The van der Waals surface area contributed by atoms with Gasteiger partial charge in [0.2, 0.25) is 0 Å². The third-order valence-electron chi connectivity index (χ3n) is 4.69. The second-order valence-corrected chi connectivity index (χ2v) is 5.91. The average molecular weight is 279 g/mol. The maximum absolute atomic E-state index is 13.5. The summed E-state index contributed by atoms with van der Waals surface area (Å²) in [7, 11) is 3.78. The predicted octanol–water partition coefficient (Wildman–Crippen LogP) is 4.13. The van der Waals surface area contributed by atoms with E-state index in [0.717, 1.165) is 18.4 Å². The summed E-state index contributed by atoms with van der Waals surface area (Å²) >= 11 is 0. The highest BCUT2D eigenvalue weighted by Gasteiger charge is 2.39. The quantitative estimate of drug-likeness (QED) is 0.837. The molecule has 1 N–H and O–H groups in total. The van der Waals surface area contributed by atoms with Crippen LogP contribution in [0.15, 0.2) is 18.2 Å². The SMILES string of the molecule is CNC(c1ccc(F)c(C)c1)C1(OC)CCCCCC1. The molecule has 2 nitrogen and oxygen atoms in total. The van der Waals surface area contributed by atoms with E-state index in [2.05, 4.69) is 5.32 Å². The molecule has 0 spiro atoms. The first-order chi connectivity index (χ1) is 9.63. The summed E-state index contributed by atoms with van der Waals surface area (Å²) in [5.74, 6) is -0.143. The second kappa shape index (κ2) is 6.68. The molecule has 20 heavy (non-hydrogen) atoms. The molecule has 1 aliphatic rings. The number of nitrogens with one attached hydrogen (secondary N) is 1. The van der Waals surface area contributed by atoms with Crippen molar-refractivity contribution in [3.63, 3.8) is 0 Å². The first kappa shape index (κ1) is 15.5. The number of likely N-dealkylation sites (N-methyl/N-ethyl adjacent to an activating group) is 1. The van der Waals surface area contributed by atoms with E-state index in [9.17, 15) is 4.39 Å². The van der Waals surface area contributed by atoms with E-state index in [1.165, 1.54) is 25.7 Å². The lowest BCUT2D eigenvalue weighted by Gasteiger charge is -2.39. The smallest absolute Gasteiger partial charge is 0.126 e. The van der Waals surface area contributed by atoms with E-state index in [0.29, 0.717) is 5.56 Å². The van der Waals surface area contributed by atoms with Crippen molar-refractivity contribution in [2.75, 3.05) is 14.2 Å². The number of benzene rings is 1. The Morgan fingerprint density at radius 2 is 1.85 bits per heavy atom. The number of ether oxygens (including phenoxy) is 1. The van der Waals surface area contributed by atoms with Gasteiger partial charge in [0.05, 0.1) is 11.6 Å². The fraction of sp³-hybridized carbons (Fsp3) is 0.647. The van der Waals surface area contributed by atoms with Gasteiger partial charge < -0.3 is 10.1 Å². The lowest BCUT2D eigenvalue weighted by Crippen LogP contribution is -2.44. The summed E-state index contributed by atoms with van der Waals surface area (Å²) in [6.07, 6.45) is 7.09. The van der Waals surface area contributed by atoms with E-state index in [4.69, 9.17) is 4.74 Å². The van der Waals surface area contributed by atoms with Gasteiger partial charge in [0.25, 0.3) is 0 Å². The van der Waals surface area contributed by atoms with Crippen LogP contribution in [0.5, 0.6) is 0 Å². The molecule has 1 atom stereocenters. The number of rotatable bonds is 4. The zero-order valence-electron chi connectivity index (χ0n) is 12.8. The summed E-state index contributed by atoms with van der Waals surface area (Å²) in [4.78, 5) is 0. The summed E-state index contributed by atoms with van der Waals surface area (Å²) in [5, 5.41) is 3.41. The molecule has 0 radical (unpaired) electrons. The van der Waals surface area contributed by atoms with Crippen LogP contribution in [0.25, 0.3) is 0 Å². The highest BCUT2D eigenvalue weighted by Crippen LogP contribution is 2.40. The summed E-state index contributed by atoms with van der Waals surface area (Å²) in [5.41, 5.74) is 1.65. The molecule has 0 aliphatic heterocycles. The van der Waals surface area contributed by atoms with Crippen LogP contribution in [0.2, 0.25) is 0 Å². The van der Waals surface area contributed by atoms with Gasteiger partial charge in [0, 0.05) is 7.11 Å². The lowest BCUT2D eigenvalue weighted by molar-refractivity contribution is -0.0523. The highest BCUT2D eigenvalue weighted by molar-refractivity contribution is 5.28. The van der Waals surface area contributed by atoms with Crippen molar-refractivity contribution in [2.24, 2.45) is 0 Å². The van der Waals surface area contributed by atoms with E-state index < -0.39 is 0 Å². The summed E-state index contributed by atoms with van der Waals surface area (Å²) in [6, 6.07) is 5.51. The number of halogens is 1. The van der Waals surface area contributed by atoms with Gasteiger partial charge in [-0.05, 0) is 44.0 Å². The molecule has 1 fully saturated rings. The van der Waals surface area contributed by atoms with Crippen LogP contribution in [0.3, 0.4) is 0 Å². The fourth-order valence-corrected chi connectivity index (χ4v) is 3.52. The third kappa shape index (κ3) is 3.04. The molecule has 1 aromatic carbocycles. The molecule has 0 saturated heterocycles. The van der Waals surface area contributed by atoms with Crippen molar-refractivity contribution in [1.29, 1.82) is 0 Å². The number of methoxy groups -OCH3 is 1. The third-order valence-corrected chi connectivity index (χ3v) is 4.69. The van der Waals surface area contributed by atoms with Crippen molar-refractivity contribution < 1.29 is 9.13 Å². The van der Waals surface area contributed by atoms with Crippen LogP contribution in [-0.2, 0) is 4.74 Å². The van der Waals surface area contributed by atoms with Crippen molar-refractivity contribution in [2.45, 2.75) is 57.1 Å². The largest absolute Gasteiger partial charge is 0.376 e. The molecule has 1 aliphatic carbocycles. The molecule has 0 heterocycles. The molecule has 1 aromatic rings. The predicted molar refractivity (Wildman–Crippen MR) is 80.4 cm³/mol. The van der Waals surface area contributed by atoms with Gasteiger partial charge >= 0.3 is 0 Å². The van der Waals surface area contributed by atoms with Gasteiger partial charge in [-0.2, -0.15) is 0 Å². The molecule has 0 amide bonds. The van der Waals surface area contributed by atoms with Crippen molar-refractivity contribution >= 4 is 0 Å². The Balaban J connectivity index is 2.34. The highest BCUT2D eigenvalue weighted by atomic mass is 19.1. The van der Waals surface area contributed by atoms with Crippen LogP contribution >= 0.6 is 0 Å². The van der Waals surface area contributed by atoms with Crippen molar-refractivity contribution in [3.05, 3.63) is 35.1 Å². The Bertz CT molecular complexity index is 439. The van der Waals surface area contributed by atoms with E-state index >= 15 is 0 Å². The van der Waals surface area contributed by atoms with Gasteiger partial charge in [0.1, 0.15) is 5.82 Å². The first-order valence-electron chi connectivity index (χ1n) is 7.61. The normalized spacial score (nSPS) is 20.4. The zero-order valence-corrected chi connectivity index (χ0v) is 12.8. The number of hydrogen-bond acceptors (Lipinski definition) is 2.